The maximum atomic E-state index is 13.8. The zero-order valence-electron chi connectivity index (χ0n) is 19.4. The fourth-order valence-electron chi connectivity index (χ4n) is 5.53. The molecule has 35 heavy (non-hydrogen) atoms. The largest absolute Gasteiger partial charge is 0.494 e. The van der Waals surface area contributed by atoms with E-state index in [0.29, 0.717) is 22.6 Å². The minimum Gasteiger partial charge on any atom is -0.494 e. The number of aromatic nitrogens is 3. The van der Waals surface area contributed by atoms with Crippen LogP contribution in [0.2, 0.25) is 0 Å². The van der Waals surface area contributed by atoms with Gasteiger partial charge in [-0.2, -0.15) is 10.4 Å². The average Bonchev–Trinajstić information content (AvgIpc) is 3.39. The van der Waals surface area contributed by atoms with E-state index >= 15 is 0 Å². The lowest BCUT2D eigenvalue weighted by Crippen LogP contribution is -2.55. The molecule has 3 aromatic rings. The number of fused-ring (bicyclic) bond motifs is 1. The van der Waals surface area contributed by atoms with E-state index < -0.39 is 5.54 Å². The molecule has 9 nitrogen and oxygen atoms in total. The first-order valence-corrected chi connectivity index (χ1v) is 12.3. The highest BCUT2D eigenvalue weighted by Gasteiger charge is 2.59. The van der Waals surface area contributed by atoms with Crippen LogP contribution in [0.3, 0.4) is 0 Å². The number of ether oxygens (including phenoxy) is 1. The third-order valence-electron chi connectivity index (χ3n) is 7.51. The van der Waals surface area contributed by atoms with E-state index in [1.807, 2.05) is 23.2 Å². The Balaban J connectivity index is 1.39. The van der Waals surface area contributed by atoms with Crippen molar-refractivity contribution in [1.82, 2.24) is 20.1 Å². The molecular weight excluding hydrogens is 462 g/mol. The third kappa shape index (κ3) is 3.22. The molecule has 2 aromatic heterocycles. The van der Waals surface area contributed by atoms with Crippen molar-refractivity contribution in [3.05, 3.63) is 42.4 Å². The second-order valence-corrected chi connectivity index (χ2v) is 9.68. The van der Waals surface area contributed by atoms with Gasteiger partial charge in [-0.1, -0.05) is 0 Å². The summed E-state index contributed by atoms with van der Waals surface area (Å²) in [7, 11) is 1.48. The highest BCUT2D eigenvalue weighted by Crippen LogP contribution is 2.48. The van der Waals surface area contributed by atoms with E-state index in [1.54, 1.807) is 6.07 Å². The second-order valence-electron chi connectivity index (χ2n) is 9.31. The fourth-order valence-corrected chi connectivity index (χ4v) is 5.99. The number of rotatable bonds is 4. The van der Waals surface area contributed by atoms with Crippen LogP contribution in [0.15, 0.2) is 36.7 Å². The number of amides is 1. The fraction of sp³-hybridized carbons (Fsp3) is 0.400. The Hall–Kier alpha value is -3.55. The third-order valence-corrected chi connectivity index (χ3v) is 7.87. The normalized spacial score (nSPS) is 19.9. The zero-order valence-corrected chi connectivity index (χ0v) is 20.2. The Morgan fingerprint density at radius 3 is 2.69 bits per heavy atom. The molecule has 1 amide bonds. The van der Waals surface area contributed by atoms with Crippen molar-refractivity contribution in [2.24, 2.45) is 0 Å². The molecular formula is C25H25N7O2S. The van der Waals surface area contributed by atoms with Crippen LogP contribution in [0.25, 0.3) is 10.9 Å². The lowest BCUT2D eigenvalue weighted by molar-refractivity contribution is -0.123. The number of methoxy groups -OCH3 is 1. The van der Waals surface area contributed by atoms with E-state index in [2.05, 4.69) is 27.1 Å². The van der Waals surface area contributed by atoms with Crippen LogP contribution in [0.1, 0.15) is 43.8 Å². The summed E-state index contributed by atoms with van der Waals surface area (Å²) in [5.74, 6) is 0.251. The molecule has 2 saturated heterocycles. The SMILES string of the molecule is COc1cc(N2C(=O)C3(CCC3)N(c3ccc4c(cnn4C4CCNCC4)c3)C2=S)cnc1C#N. The Morgan fingerprint density at radius 1 is 1.20 bits per heavy atom. The van der Waals surface area contributed by atoms with Gasteiger partial charge < -0.3 is 15.0 Å². The van der Waals surface area contributed by atoms with Crippen LogP contribution in [0.4, 0.5) is 11.4 Å². The predicted octanol–water partition coefficient (Wildman–Crippen LogP) is 3.30. The molecule has 6 rings (SSSR count). The summed E-state index contributed by atoms with van der Waals surface area (Å²) in [5.41, 5.74) is 1.95. The van der Waals surface area contributed by atoms with Gasteiger partial charge in [0.15, 0.2) is 16.6 Å². The Bertz CT molecular complexity index is 1380. The molecule has 0 bridgehead atoms. The van der Waals surface area contributed by atoms with E-state index in [0.717, 1.165) is 61.8 Å². The molecule has 10 heteroatoms. The molecule has 0 radical (unpaired) electrons. The summed E-state index contributed by atoms with van der Waals surface area (Å²) >= 11 is 5.89. The first-order valence-electron chi connectivity index (χ1n) is 11.9. The summed E-state index contributed by atoms with van der Waals surface area (Å²) in [5, 5.41) is 18.8. The van der Waals surface area contributed by atoms with Crippen LogP contribution < -0.4 is 19.9 Å². The Labute approximate surface area is 208 Å². The zero-order chi connectivity index (χ0) is 24.2. The van der Waals surface area contributed by atoms with E-state index in [-0.39, 0.29) is 11.6 Å². The van der Waals surface area contributed by atoms with E-state index in [1.165, 1.54) is 18.2 Å². The number of carbonyl (C=O) groups excluding carboxylic acids is 1. The van der Waals surface area contributed by atoms with Crippen LogP contribution in [0.5, 0.6) is 5.75 Å². The number of hydrogen-bond donors (Lipinski definition) is 1. The van der Waals surface area contributed by atoms with Gasteiger partial charge in [0.1, 0.15) is 11.6 Å². The van der Waals surface area contributed by atoms with Crippen molar-refractivity contribution in [3.8, 4) is 11.8 Å². The topological polar surface area (TPSA) is 99.3 Å². The summed E-state index contributed by atoms with van der Waals surface area (Å²) in [6, 6.07) is 10.3. The average molecular weight is 488 g/mol. The maximum absolute atomic E-state index is 13.8. The minimum absolute atomic E-state index is 0.0622. The summed E-state index contributed by atoms with van der Waals surface area (Å²) < 4.78 is 7.45. The number of piperidine rings is 1. The molecule has 0 unspecified atom stereocenters. The molecule has 2 aliphatic heterocycles. The van der Waals surface area contributed by atoms with E-state index in [9.17, 15) is 10.1 Å². The van der Waals surface area contributed by atoms with Gasteiger partial charge in [-0.3, -0.25) is 14.4 Å². The molecule has 1 spiro atoms. The van der Waals surface area contributed by atoms with Crippen molar-refractivity contribution in [3.63, 3.8) is 0 Å². The van der Waals surface area contributed by atoms with Crippen molar-refractivity contribution >= 4 is 45.5 Å². The molecule has 1 saturated carbocycles. The van der Waals surface area contributed by atoms with Gasteiger partial charge in [-0.15, -0.1) is 0 Å². The van der Waals surface area contributed by atoms with Gasteiger partial charge in [0.25, 0.3) is 5.91 Å². The number of pyridine rings is 1. The van der Waals surface area contributed by atoms with Gasteiger partial charge in [0, 0.05) is 17.1 Å². The van der Waals surface area contributed by atoms with Gasteiger partial charge in [0.05, 0.1) is 36.7 Å². The number of nitriles is 1. The lowest BCUT2D eigenvalue weighted by Gasteiger charge is -2.43. The summed E-state index contributed by atoms with van der Waals surface area (Å²) in [4.78, 5) is 21.5. The molecule has 3 aliphatic rings. The van der Waals surface area contributed by atoms with E-state index in [4.69, 9.17) is 22.1 Å². The molecule has 1 aromatic carbocycles. The number of nitrogens with zero attached hydrogens (tertiary/aromatic N) is 6. The number of benzene rings is 1. The molecule has 0 atom stereocenters. The molecule has 3 fully saturated rings. The van der Waals surface area contributed by atoms with Crippen LogP contribution in [-0.2, 0) is 4.79 Å². The maximum Gasteiger partial charge on any atom is 0.259 e. The Kier molecular flexibility index (Phi) is 5.20. The predicted molar refractivity (Wildman–Crippen MR) is 136 cm³/mol. The number of carbonyl (C=O) groups is 1. The van der Waals surface area contributed by atoms with Gasteiger partial charge in [-0.25, -0.2) is 4.98 Å². The summed E-state index contributed by atoms with van der Waals surface area (Å²) in [6.45, 7) is 2.00. The Morgan fingerprint density at radius 2 is 2.00 bits per heavy atom. The molecule has 4 heterocycles. The number of nitrogens with one attached hydrogen (secondary N) is 1. The monoisotopic (exact) mass is 487 g/mol. The quantitative estimate of drug-likeness (QED) is 0.560. The van der Waals surface area contributed by atoms with Gasteiger partial charge >= 0.3 is 0 Å². The standard InChI is InChI=1S/C25H25N7O2S/c1-34-22-12-19(15-28-20(22)13-26)30-23(33)25(7-2-8-25)31(24(30)35)18-3-4-21-16(11-18)14-29-32(21)17-5-9-27-10-6-17/h3-4,11-12,14-15,17,27H,2,5-10H2,1H3. The second kappa shape index (κ2) is 8.29. The van der Waals surface area contributed by atoms with Crippen LogP contribution in [-0.4, -0.2) is 51.5 Å². The number of anilines is 2. The molecule has 1 N–H and O–H groups in total. The number of hydrogen-bond acceptors (Lipinski definition) is 7. The lowest BCUT2D eigenvalue weighted by atomic mass is 9.75. The first kappa shape index (κ1) is 21.9. The highest BCUT2D eigenvalue weighted by molar-refractivity contribution is 7.81. The summed E-state index contributed by atoms with van der Waals surface area (Å²) in [6.07, 6.45) is 7.96. The van der Waals surface area contributed by atoms with Crippen molar-refractivity contribution < 1.29 is 9.53 Å². The van der Waals surface area contributed by atoms with Crippen molar-refractivity contribution in [2.45, 2.75) is 43.7 Å². The molecule has 1 aliphatic carbocycles. The van der Waals surface area contributed by atoms with Crippen molar-refractivity contribution in [2.75, 3.05) is 30.0 Å². The number of thiocarbonyl (C=S) groups is 1. The van der Waals surface area contributed by atoms with Crippen LogP contribution >= 0.6 is 12.2 Å². The van der Waals surface area contributed by atoms with Gasteiger partial charge in [-0.05, 0) is 75.6 Å². The first-order chi connectivity index (χ1) is 17.1. The minimum atomic E-state index is -0.697. The highest BCUT2D eigenvalue weighted by atomic mass is 32.1. The van der Waals surface area contributed by atoms with Crippen molar-refractivity contribution in [1.29, 1.82) is 5.26 Å². The van der Waals surface area contributed by atoms with Gasteiger partial charge in [0.2, 0.25) is 0 Å². The van der Waals surface area contributed by atoms with Crippen LogP contribution in [0, 0.1) is 11.3 Å². The smallest absolute Gasteiger partial charge is 0.259 e. The molecule has 178 valence electrons.